The molecule has 6 nitrogen and oxygen atoms in total. The predicted octanol–water partition coefficient (Wildman–Crippen LogP) is 1.64. The number of rotatable bonds is 7. The molecule has 0 heterocycles. The number of anilines is 1. The molecule has 0 saturated carbocycles. The number of ether oxygens (including phenoxy) is 2. The van der Waals surface area contributed by atoms with Crippen LogP contribution < -0.4 is 5.32 Å². The second-order valence-electron chi connectivity index (χ2n) is 3.59. The standard InChI is InChI=1S/C12H14ClNO5/c1-18-4-5-19-7-11(15)14-10-3-2-8(13)6-9(10)12(16)17/h2-3,6H,4-5,7H2,1H3,(H,14,15)(H,16,17). The summed E-state index contributed by atoms with van der Waals surface area (Å²) in [5.41, 5.74) is 0.106. The molecule has 0 aliphatic heterocycles. The maximum atomic E-state index is 11.5. The summed E-state index contributed by atoms with van der Waals surface area (Å²) in [5.74, 6) is -1.61. The molecule has 1 amide bonds. The van der Waals surface area contributed by atoms with Crippen LogP contribution in [0, 0.1) is 0 Å². The Morgan fingerprint density at radius 1 is 1.37 bits per heavy atom. The van der Waals surface area contributed by atoms with E-state index in [1.165, 1.54) is 25.3 Å². The molecule has 0 spiro atoms. The topological polar surface area (TPSA) is 84.9 Å². The van der Waals surface area contributed by atoms with Crippen LogP contribution in [0.3, 0.4) is 0 Å². The number of carbonyl (C=O) groups is 2. The van der Waals surface area contributed by atoms with E-state index in [0.29, 0.717) is 6.61 Å². The lowest BCUT2D eigenvalue weighted by Gasteiger charge is -2.09. The van der Waals surface area contributed by atoms with Crippen LogP contribution in [0.5, 0.6) is 0 Å². The highest BCUT2D eigenvalue weighted by Crippen LogP contribution is 2.20. The van der Waals surface area contributed by atoms with Crippen molar-refractivity contribution in [3.8, 4) is 0 Å². The summed E-state index contributed by atoms with van der Waals surface area (Å²) in [6.45, 7) is 0.496. The Bertz CT molecular complexity index is 463. The largest absolute Gasteiger partial charge is 0.478 e. The molecule has 1 rings (SSSR count). The van der Waals surface area contributed by atoms with Crippen LogP contribution in [0.15, 0.2) is 18.2 Å². The minimum absolute atomic E-state index is 0.0715. The maximum Gasteiger partial charge on any atom is 0.337 e. The number of amides is 1. The maximum absolute atomic E-state index is 11.5. The van der Waals surface area contributed by atoms with Gasteiger partial charge < -0.3 is 19.9 Å². The van der Waals surface area contributed by atoms with Gasteiger partial charge in [0.2, 0.25) is 5.91 Å². The van der Waals surface area contributed by atoms with E-state index in [9.17, 15) is 9.59 Å². The van der Waals surface area contributed by atoms with Crippen molar-refractivity contribution in [1.29, 1.82) is 0 Å². The van der Waals surface area contributed by atoms with Gasteiger partial charge >= 0.3 is 5.97 Å². The number of benzene rings is 1. The number of carboxylic acids is 1. The molecule has 0 unspecified atom stereocenters. The SMILES string of the molecule is COCCOCC(=O)Nc1ccc(Cl)cc1C(=O)O. The van der Waals surface area contributed by atoms with Crippen LogP contribution in [-0.4, -0.2) is 43.9 Å². The van der Waals surface area contributed by atoms with Crippen LogP contribution in [0.25, 0.3) is 0 Å². The van der Waals surface area contributed by atoms with Gasteiger partial charge in [-0.05, 0) is 18.2 Å². The third-order valence-electron chi connectivity index (χ3n) is 2.15. The minimum atomic E-state index is -1.17. The Labute approximate surface area is 115 Å². The smallest absolute Gasteiger partial charge is 0.337 e. The van der Waals surface area contributed by atoms with Crippen molar-refractivity contribution in [2.24, 2.45) is 0 Å². The van der Waals surface area contributed by atoms with Crippen molar-refractivity contribution < 1.29 is 24.2 Å². The zero-order valence-electron chi connectivity index (χ0n) is 10.3. The van der Waals surface area contributed by atoms with Gasteiger partial charge in [0.05, 0.1) is 24.5 Å². The van der Waals surface area contributed by atoms with Crippen LogP contribution in [-0.2, 0) is 14.3 Å². The molecular formula is C12H14ClNO5. The van der Waals surface area contributed by atoms with Gasteiger partial charge in [0.1, 0.15) is 6.61 Å². The number of methoxy groups -OCH3 is 1. The second-order valence-corrected chi connectivity index (χ2v) is 4.03. The van der Waals surface area contributed by atoms with E-state index in [1.54, 1.807) is 0 Å². The highest BCUT2D eigenvalue weighted by Gasteiger charge is 2.13. The predicted molar refractivity (Wildman–Crippen MR) is 69.7 cm³/mol. The number of carbonyl (C=O) groups excluding carboxylic acids is 1. The number of hydrogen-bond donors (Lipinski definition) is 2. The Balaban J connectivity index is 2.61. The molecule has 1 aromatic rings. The Hall–Kier alpha value is -1.63. The average molecular weight is 288 g/mol. The summed E-state index contributed by atoms with van der Waals surface area (Å²) in [4.78, 5) is 22.5. The van der Waals surface area contributed by atoms with Gasteiger partial charge in [0, 0.05) is 12.1 Å². The first-order valence-electron chi connectivity index (χ1n) is 5.44. The van der Waals surface area contributed by atoms with Gasteiger partial charge in [-0.2, -0.15) is 0 Å². The third kappa shape index (κ3) is 5.25. The molecule has 19 heavy (non-hydrogen) atoms. The molecule has 1 aromatic carbocycles. The summed E-state index contributed by atoms with van der Waals surface area (Å²) >= 11 is 5.70. The molecule has 0 aliphatic rings. The van der Waals surface area contributed by atoms with Crippen molar-refractivity contribution in [2.75, 3.05) is 32.2 Å². The summed E-state index contributed by atoms with van der Waals surface area (Å²) in [7, 11) is 1.52. The van der Waals surface area contributed by atoms with E-state index < -0.39 is 11.9 Å². The van der Waals surface area contributed by atoms with Crippen molar-refractivity contribution in [3.63, 3.8) is 0 Å². The zero-order chi connectivity index (χ0) is 14.3. The van der Waals surface area contributed by atoms with Gasteiger partial charge in [0.25, 0.3) is 0 Å². The summed E-state index contributed by atoms with van der Waals surface area (Å²) in [5, 5.41) is 11.7. The molecule has 0 bridgehead atoms. The summed E-state index contributed by atoms with van der Waals surface area (Å²) in [6, 6.07) is 4.19. The number of nitrogens with one attached hydrogen (secondary N) is 1. The molecule has 0 fully saturated rings. The Kier molecular flexibility index (Phi) is 6.27. The molecule has 0 aliphatic carbocycles. The van der Waals surface area contributed by atoms with Crippen LogP contribution >= 0.6 is 11.6 Å². The van der Waals surface area contributed by atoms with Crippen LogP contribution in [0.1, 0.15) is 10.4 Å². The van der Waals surface area contributed by atoms with Crippen molar-refractivity contribution >= 4 is 29.2 Å². The fourth-order valence-electron chi connectivity index (χ4n) is 1.30. The molecule has 0 aromatic heterocycles. The van der Waals surface area contributed by atoms with E-state index in [0.717, 1.165) is 0 Å². The highest BCUT2D eigenvalue weighted by molar-refractivity contribution is 6.31. The highest BCUT2D eigenvalue weighted by atomic mass is 35.5. The molecule has 0 saturated heterocycles. The fraction of sp³-hybridized carbons (Fsp3) is 0.333. The van der Waals surface area contributed by atoms with E-state index >= 15 is 0 Å². The molecular weight excluding hydrogens is 274 g/mol. The van der Waals surface area contributed by atoms with Gasteiger partial charge in [-0.1, -0.05) is 11.6 Å². The summed E-state index contributed by atoms with van der Waals surface area (Å²) in [6.07, 6.45) is 0. The molecule has 2 N–H and O–H groups in total. The average Bonchev–Trinajstić information content (AvgIpc) is 2.36. The van der Waals surface area contributed by atoms with E-state index in [1.807, 2.05) is 0 Å². The van der Waals surface area contributed by atoms with Crippen LogP contribution in [0.2, 0.25) is 5.02 Å². The van der Waals surface area contributed by atoms with E-state index in [4.69, 9.17) is 26.2 Å². The fourth-order valence-corrected chi connectivity index (χ4v) is 1.47. The molecule has 0 atom stereocenters. The third-order valence-corrected chi connectivity index (χ3v) is 2.39. The first-order valence-corrected chi connectivity index (χ1v) is 5.81. The van der Waals surface area contributed by atoms with Crippen molar-refractivity contribution in [1.82, 2.24) is 0 Å². The minimum Gasteiger partial charge on any atom is -0.478 e. The lowest BCUT2D eigenvalue weighted by molar-refractivity contribution is -0.121. The number of halogens is 1. The lowest BCUT2D eigenvalue weighted by atomic mass is 10.2. The molecule has 104 valence electrons. The molecule has 7 heteroatoms. The Morgan fingerprint density at radius 3 is 2.74 bits per heavy atom. The Morgan fingerprint density at radius 2 is 2.11 bits per heavy atom. The van der Waals surface area contributed by atoms with Crippen molar-refractivity contribution in [2.45, 2.75) is 0 Å². The monoisotopic (exact) mass is 287 g/mol. The number of carboxylic acid groups (broad SMARTS) is 1. The van der Waals surface area contributed by atoms with E-state index in [-0.39, 0.29) is 29.5 Å². The van der Waals surface area contributed by atoms with Gasteiger partial charge in [-0.15, -0.1) is 0 Å². The van der Waals surface area contributed by atoms with Crippen molar-refractivity contribution in [3.05, 3.63) is 28.8 Å². The van der Waals surface area contributed by atoms with Gasteiger partial charge in [-0.25, -0.2) is 4.79 Å². The number of aromatic carboxylic acids is 1. The molecule has 0 radical (unpaired) electrons. The van der Waals surface area contributed by atoms with E-state index in [2.05, 4.69) is 5.32 Å². The zero-order valence-corrected chi connectivity index (χ0v) is 11.1. The summed E-state index contributed by atoms with van der Waals surface area (Å²) < 4.78 is 9.78. The van der Waals surface area contributed by atoms with Gasteiger partial charge in [-0.3, -0.25) is 4.79 Å². The first-order chi connectivity index (χ1) is 9.04. The lowest BCUT2D eigenvalue weighted by Crippen LogP contribution is -2.21. The normalized spacial score (nSPS) is 10.2. The second kappa shape index (κ2) is 7.73. The first kappa shape index (κ1) is 15.4. The number of hydrogen-bond acceptors (Lipinski definition) is 4. The van der Waals surface area contributed by atoms with Gasteiger partial charge in [0.15, 0.2) is 0 Å². The quantitative estimate of drug-likeness (QED) is 0.745. The van der Waals surface area contributed by atoms with Crippen LogP contribution in [0.4, 0.5) is 5.69 Å².